The van der Waals surface area contributed by atoms with Gasteiger partial charge in [-0.2, -0.15) is 0 Å². The maximum Gasteiger partial charge on any atom is 0.262 e. The third-order valence-corrected chi connectivity index (χ3v) is 6.06. The van der Waals surface area contributed by atoms with Crippen LogP contribution in [0.25, 0.3) is 21.7 Å². The first-order valence-corrected chi connectivity index (χ1v) is 10.9. The van der Waals surface area contributed by atoms with Gasteiger partial charge in [0.2, 0.25) is 5.91 Å². The number of carbonyl (C=O) groups is 1. The van der Waals surface area contributed by atoms with E-state index in [-0.39, 0.29) is 11.5 Å². The zero-order valence-electron chi connectivity index (χ0n) is 17.0. The molecule has 0 fully saturated rings. The van der Waals surface area contributed by atoms with Crippen LogP contribution in [-0.2, 0) is 11.3 Å². The summed E-state index contributed by atoms with van der Waals surface area (Å²) in [5.41, 5.74) is 1.37. The largest absolute Gasteiger partial charge is 0.325 e. The summed E-state index contributed by atoms with van der Waals surface area (Å²) in [4.78, 5) is 30.5. The minimum absolute atomic E-state index is 0.0633. The van der Waals surface area contributed by atoms with E-state index in [4.69, 9.17) is 0 Å². The van der Waals surface area contributed by atoms with E-state index in [0.717, 1.165) is 22.9 Å². The van der Waals surface area contributed by atoms with Gasteiger partial charge < -0.3 is 5.32 Å². The predicted octanol–water partition coefficient (Wildman–Crippen LogP) is 5.08. The molecular formula is C24H23N3O2S. The molecule has 1 aromatic heterocycles. The molecule has 3 aromatic carbocycles. The highest BCUT2D eigenvalue weighted by molar-refractivity contribution is 8.00. The first kappa shape index (κ1) is 20.2. The molecule has 1 heterocycles. The van der Waals surface area contributed by atoms with Crippen molar-refractivity contribution in [2.45, 2.75) is 37.2 Å². The molecule has 0 aliphatic heterocycles. The summed E-state index contributed by atoms with van der Waals surface area (Å²) in [6.45, 7) is 4.42. The first-order chi connectivity index (χ1) is 14.6. The number of para-hydroxylation sites is 1. The van der Waals surface area contributed by atoms with Gasteiger partial charge in [-0.15, -0.1) is 0 Å². The van der Waals surface area contributed by atoms with Gasteiger partial charge in [-0.1, -0.05) is 67.2 Å². The molecule has 0 spiro atoms. The third kappa shape index (κ3) is 3.96. The van der Waals surface area contributed by atoms with Crippen LogP contribution in [0.3, 0.4) is 0 Å². The number of anilines is 1. The monoisotopic (exact) mass is 417 g/mol. The Hall–Kier alpha value is -3.12. The van der Waals surface area contributed by atoms with Gasteiger partial charge in [-0.25, -0.2) is 4.98 Å². The van der Waals surface area contributed by atoms with Crippen molar-refractivity contribution in [2.24, 2.45) is 0 Å². The Kier molecular flexibility index (Phi) is 5.86. The van der Waals surface area contributed by atoms with Gasteiger partial charge in [0.1, 0.15) is 0 Å². The van der Waals surface area contributed by atoms with E-state index in [1.165, 1.54) is 11.8 Å². The zero-order chi connectivity index (χ0) is 21.1. The molecule has 5 nitrogen and oxygen atoms in total. The number of benzene rings is 3. The molecule has 0 radical (unpaired) electrons. The van der Waals surface area contributed by atoms with E-state index in [1.807, 2.05) is 74.5 Å². The van der Waals surface area contributed by atoms with Gasteiger partial charge in [0.05, 0.1) is 16.2 Å². The predicted molar refractivity (Wildman–Crippen MR) is 124 cm³/mol. The van der Waals surface area contributed by atoms with E-state index in [9.17, 15) is 9.59 Å². The first-order valence-electron chi connectivity index (χ1n) is 10.0. The van der Waals surface area contributed by atoms with E-state index in [0.29, 0.717) is 22.6 Å². The summed E-state index contributed by atoms with van der Waals surface area (Å²) in [6.07, 6.45) is 0.810. The molecule has 0 saturated carbocycles. The number of fused-ring (bicyclic) bond motifs is 2. The van der Waals surface area contributed by atoms with Crippen molar-refractivity contribution >= 4 is 45.0 Å². The normalized spacial score (nSPS) is 12.2. The summed E-state index contributed by atoms with van der Waals surface area (Å²) in [5, 5.41) is 5.86. The summed E-state index contributed by atoms with van der Waals surface area (Å²) < 4.78 is 1.68. The van der Waals surface area contributed by atoms with Crippen molar-refractivity contribution < 1.29 is 4.79 Å². The standard InChI is InChI=1S/C24H23N3O2S/c1-3-15-27-23(29)19-12-6-7-13-21(19)26-24(27)30-16(2)22(28)25-20-14-8-10-17-9-4-5-11-18(17)20/h4-14,16H,3,15H2,1-2H3,(H,25,28). The lowest BCUT2D eigenvalue weighted by Gasteiger charge is -2.16. The molecule has 6 heteroatoms. The van der Waals surface area contributed by atoms with Crippen LogP contribution in [0, 0.1) is 0 Å². The number of aromatic nitrogens is 2. The summed E-state index contributed by atoms with van der Waals surface area (Å²) >= 11 is 1.31. The molecule has 0 bridgehead atoms. The average Bonchev–Trinajstić information content (AvgIpc) is 2.76. The molecule has 1 N–H and O–H groups in total. The van der Waals surface area contributed by atoms with Gasteiger partial charge >= 0.3 is 0 Å². The fourth-order valence-electron chi connectivity index (χ4n) is 3.44. The van der Waals surface area contributed by atoms with Crippen LogP contribution in [0.2, 0.25) is 0 Å². The van der Waals surface area contributed by atoms with Crippen molar-refractivity contribution in [1.82, 2.24) is 9.55 Å². The minimum Gasteiger partial charge on any atom is -0.325 e. The maximum absolute atomic E-state index is 12.9. The smallest absolute Gasteiger partial charge is 0.262 e. The number of thioether (sulfide) groups is 1. The van der Waals surface area contributed by atoms with Crippen molar-refractivity contribution in [3.8, 4) is 0 Å². The highest BCUT2D eigenvalue weighted by atomic mass is 32.2. The molecule has 0 saturated heterocycles. The number of nitrogens with zero attached hydrogens (tertiary/aromatic N) is 2. The van der Waals surface area contributed by atoms with Crippen LogP contribution in [-0.4, -0.2) is 20.7 Å². The van der Waals surface area contributed by atoms with Gasteiger partial charge in [0.15, 0.2) is 5.16 Å². The van der Waals surface area contributed by atoms with E-state index < -0.39 is 5.25 Å². The van der Waals surface area contributed by atoms with Crippen LogP contribution in [0.5, 0.6) is 0 Å². The number of amides is 1. The summed E-state index contributed by atoms with van der Waals surface area (Å²) in [5.74, 6) is -0.123. The lowest BCUT2D eigenvalue weighted by atomic mass is 10.1. The molecule has 1 atom stereocenters. The lowest BCUT2D eigenvalue weighted by molar-refractivity contribution is -0.115. The van der Waals surface area contributed by atoms with Crippen molar-refractivity contribution in [3.63, 3.8) is 0 Å². The molecule has 0 aliphatic carbocycles. The number of nitrogens with one attached hydrogen (secondary N) is 1. The fraction of sp³-hybridized carbons (Fsp3) is 0.208. The molecule has 1 amide bonds. The third-order valence-electron chi connectivity index (χ3n) is 4.97. The minimum atomic E-state index is -0.417. The zero-order valence-corrected chi connectivity index (χ0v) is 17.8. The molecule has 4 rings (SSSR count). The number of hydrogen-bond donors (Lipinski definition) is 1. The maximum atomic E-state index is 12.9. The highest BCUT2D eigenvalue weighted by Crippen LogP contribution is 2.26. The SMILES string of the molecule is CCCn1c(SC(C)C(=O)Nc2cccc3ccccc23)nc2ccccc2c1=O. The summed E-state index contributed by atoms with van der Waals surface area (Å²) in [7, 11) is 0. The van der Waals surface area contributed by atoms with Gasteiger partial charge in [-0.05, 0) is 36.9 Å². The Morgan fingerprint density at radius 3 is 2.53 bits per heavy atom. The average molecular weight is 418 g/mol. The Morgan fingerprint density at radius 1 is 1.03 bits per heavy atom. The van der Waals surface area contributed by atoms with Crippen LogP contribution in [0.4, 0.5) is 5.69 Å². The second-order valence-corrected chi connectivity index (χ2v) is 8.45. The molecule has 1 unspecified atom stereocenters. The van der Waals surface area contributed by atoms with Gasteiger partial charge in [-0.3, -0.25) is 14.2 Å². The van der Waals surface area contributed by atoms with Crippen LogP contribution in [0.1, 0.15) is 20.3 Å². The van der Waals surface area contributed by atoms with Crippen molar-refractivity contribution in [1.29, 1.82) is 0 Å². The van der Waals surface area contributed by atoms with E-state index in [2.05, 4.69) is 10.3 Å². The number of hydrogen-bond acceptors (Lipinski definition) is 4. The van der Waals surface area contributed by atoms with Crippen molar-refractivity contribution in [2.75, 3.05) is 5.32 Å². The van der Waals surface area contributed by atoms with Crippen LogP contribution in [0.15, 0.2) is 76.7 Å². The van der Waals surface area contributed by atoms with Gasteiger partial charge in [0.25, 0.3) is 5.56 Å². The molecule has 4 aromatic rings. The Balaban J connectivity index is 1.62. The molecule has 0 aliphatic rings. The fourth-order valence-corrected chi connectivity index (χ4v) is 4.37. The lowest BCUT2D eigenvalue weighted by Crippen LogP contribution is -2.27. The van der Waals surface area contributed by atoms with Crippen LogP contribution < -0.4 is 10.9 Å². The quantitative estimate of drug-likeness (QED) is 0.351. The Bertz CT molecular complexity index is 1280. The second-order valence-electron chi connectivity index (χ2n) is 7.14. The number of carbonyl (C=O) groups excluding carboxylic acids is 1. The Morgan fingerprint density at radius 2 is 1.73 bits per heavy atom. The Labute approximate surface area is 179 Å². The van der Waals surface area contributed by atoms with E-state index in [1.54, 1.807) is 10.6 Å². The van der Waals surface area contributed by atoms with E-state index >= 15 is 0 Å². The summed E-state index contributed by atoms with van der Waals surface area (Å²) in [6, 6.07) is 21.1. The molecule has 152 valence electrons. The molecular weight excluding hydrogens is 394 g/mol. The van der Waals surface area contributed by atoms with Gasteiger partial charge in [0, 0.05) is 17.6 Å². The topological polar surface area (TPSA) is 64.0 Å². The van der Waals surface area contributed by atoms with Crippen molar-refractivity contribution in [3.05, 3.63) is 77.1 Å². The highest BCUT2D eigenvalue weighted by Gasteiger charge is 2.20. The molecule has 30 heavy (non-hydrogen) atoms. The van der Waals surface area contributed by atoms with Crippen LogP contribution >= 0.6 is 11.8 Å². The second kappa shape index (κ2) is 8.71. The number of rotatable bonds is 6.